The number of rotatable bonds is 4. The Morgan fingerprint density at radius 3 is 2.12 bits per heavy atom. The lowest BCUT2D eigenvalue weighted by molar-refractivity contribution is -0.385. The van der Waals surface area contributed by atoms with Crippen molar-refractivity contribution >= 4 is 11.4 Å². The van der Waals surface area contributed by atoms with E-state index in [9.17, 15) is 10.1 Å². The number of benzene rings is 1. The molecule has 0 radical (unpaired) electrons. The third-order valence-corrected chi connectivity index (χ3v) is 2.16. The van der Waals surface area contributed by atoms with Crippen LogP contribution < -0.4 is 14.4 Å². The van der Waals surface area contributed by atoms with Crippen molar-refractivity contribution in [2.24, 2.45) is 0 Å². The molecule has 1 rings (SSSR count). The molecule has 0 amide bonds. The van der Waals surface area contributed by atoms with Gasteiger partial charge in [0.15, 0.2) is 5.75 Å². The molecule has 6 nitrogen and oxygen atoms in total. The average Bonchev–Trinajstić information content (AvgIpc) is 2.26. The number of hydrogen-bond donors (Lipinski definition) is 0. The molecule has 0 saturated heterocycles. The summed E-state index contributed by atoms with van der Waals surface area (Å²) in [6.45, 7) is 0. The van der Waals surface area contributed by atoms with Gasteiger partial charge >= 0.3 is 5.69 Å². The molecule has 0 aromatic heterocycles. The van der Waals surface area contributed by atoms with Gasteiger partial charge in [0, 0.05) is 20.2 Å². The van der Waals surface area contributed by atoms with Gasteiger partial charge in [0.2, 0.25) is 0 Å². The number of anilines is 1. The van der Waals surface area contributed by atoms with Crippen molar-refractivity contribution in [2.45, 2.75) is 0 Å². The van der Waals surface area contributed by atoms with Gasteiger partial charge in [0.1, 0.15) is 5.75 Å². The van der Waals surface area contributed by atoms with Crippen LogP contribution in [0.5, 0.6) is 11.5 Å². The summed E-state index contributed by atoms with van der Waals surface area (Å²) in [4.78, 5) is 12.1. The number of ether oxygens (including phenoxy) is 2. The van der Waals surface area contributed by atoms with Crippen LogP contribution in [0.15, 0.2) is 12.1 Å². The molecule has 0 N–H and O–H groups in total. The van der Waals surface area contributed by atoms with Crippen molar-refractivity contribution in [1.82, 2.24) is 0 Å². The van der Waals surface area contributed by atoms with Crippen LogP contribution in [0, 0.1) is 10.1 Å². The quantitative estimate of drug-likeness (QED) is 0.577. The highest BCUT2D eigenvalue weighted by Crippen LogP contribution is 2.38. The van der Waals surface area contributed by atoms with E-state index in [-0.39, 0.29) is 11.4 Å². The lowest BCUT2D eigenvalue weighted by Gasteiger charge is -2.17. The van der Waals surface area contributed by atoms with E-state index in [1.54, 1.807) is 11.0 Å². The molecule has 0 aliphatic carbocycles. The summed E-state index contributed by atoms with van der Waals surface area (Å²) < 4.78 is 10.1. The third kappa shape index (κ3) is 2.16. The van der Waals surface area contributed by atoms with Gasteiger partial charge in [-0.25, -0.2) is 0 Å². The Morgan fingerprint density at radius 2 is 1.75 bits per heavy atom. The van der Waals surface area contributed by atoms with Gasteiger partial charge in [0.05, 0.1) is 30.9 Å². The fraction of sp³-hybridized carbons (Fsp3) is 0.400. The summed E-state index contributed by atoms with van der Waals surface area (Å²) in [5.41, 5.74) is 0.620. The topological polar surface area (TPSA) is 64.8 Å². The third-order valence-electron chi connectivity index (χ3n) is 2.16. The van der Waals surface area contributed by atoms with Gasteiger partial charge < -0.3 is 14.4 Å². The molecule has 88 valence electrons. The van der Waals surface area contributed by atoms with Crippen molar-refractivity contribution in [3.05, 3.63) is 22.2 Å². The first-order chi connectivity index (χ1) is 7.51. The summed E-state index contributed by atoms with van der Waals surface area (Å²) in [5, 5.41) is 10.8. The molecular weight excluding hydrogens is 212 g/mol. The molecule has 0 spiro atoms. The molecule has 1 aromatic rings. The number of methoxy groups -OCH3 is 2. The average molecular weight is 226 g/mol. The zero-order valence-corrected chi connectivity index (χ0v) is 9.68. The van der Waals surface area contributed by atoms with Crippen molar-refractivity contribution in [1.29, 1.82) is 0 Å². The van der Waals surface area contributed by atoms with Gasteiger partial charge in [-0.3, -0.25) is 10.1 Å². The highest BCUT2D eigenvalue weighted by molar-refractivity contribution is 5.67. The predicted octanol–water partition coefficient (Wildman–Crippen LogP) is 1.68. The zero-order valence-electron chi connectivity index (χ0n) is 9.68. The normalized spacial score (nSPS) is 9.75. The zero-order chi connectivity index (χ0) is 12.3. The van der Waals surface area contributed by atoms with Crippen molar-refractivity contribution in [3.63, 3.8) is 0 Å². The van der Waals surface area contributed by atoms with Crippen LogP contribution >= 0.6 is 0 Å². The maximum Gasteiger partial charge on any atom is 0.314 e. The second-order valence-corrected chi connectivity index (χ2v) is 3.35. The molecule has 0 saturated carbocycles. The van der Waals surface area contributed by atoms with Gasteiger partial charge in [-0.05, 0) is 0 Å². The van der Waals surface area contributed by atoms with Crippen molar-refractivity contribution < 1.29 is 14.4 Å². The van der Waals surface area contributed by atoms with E-state index in [1.807, 2.05) is 14.1 Å². The van der Waals surface area contributed by atoms with E-state index in [2.05, 4.69) is 0 Å². The molecule has 6 heteroatoms. The van der Waals surface area contributed by atoms with Gasteiger partial charge in [-0.15, -0.1) is 0 Å². The van der Waals surface area contributed by atoms with Crippen molar-refractivity contribution in [2.75, 3.05) is 33.2 Å². The van der Waals surface area contributed by atoms with E-state index >= 15 is 0 Å². The molecule has 0 aliphatic heterocycles. The minimum Gasteiger partial charge on any atom is -0.494 e. The first-order valence-corrected chi connectivity index (χ1v) is 4.59. The van der Waals surface area contributed by atoms with Crippen LogP contribution in [0.2, 0.25) is 0 Å². The first-order valence-electron chi connectivity index (χ1n) is 4.59. The van der Waals surface area contributed by atoms with Crippen LogP contribution in [-0.2, 0) is 0 Å². The number of nitro benzene ring substituents is 1. The predicted molar refractivity (Wildman–Crippen MR) is 60.5 cm³/mol. The summed E-state index contributed by atoms with van der Waals surface area (Å²) in [7, 11) is 6.51. The number of nitrogens with zero attached hydrogens (tertiary/aromatic N) is 2. The lowest BCUT2D eigenvalue weighted by atomic mass is 10.2. The van der Waals surface area contributed by atoms with Crippen LogP contribution in [-0.4, -0.2) is 33.2 Å². The summed E-state index contributed by atoms with van der Waals surface area (Å²) >= 11 is 0. The maximum atomic E-state index is 10.8. The van der Waals surface area contributed by atoms with Crippen LogP contribution in [0.3, 0.4) is 0 Å². The van der Waals surface area contributed by atoms with Crippen LogP contribution in [0.25, 0.3) is 0 Å². The first kappa shape index (κ1) is 12.1. The highest BCUT2D eigenvalue weighted by Gasteiger charge is 2.20. The Balaban J connectivity index is 3.40. The number of nitro groups is 1. The van der Waals surface area contributed by atoms with Gasteiger partial charge in [-0.2, -0.15) is 0 Å². The Kier molecular flexibility index (Phi) is 3.55. The number of hydrogen-bond acceptors (Lipinski definition) is 5. The van der Waals surface area contributed by atoms with E-state index in [4.69, 9.17) is 9.47 Å². The molecule has 1 aromatic carbocycles. The summed E-state index contributed by atoms with van der Waals surface area (Å²) in [6.07, 6.45) is 0. The SMILES string of the molecule is COc1cc([N+](=O)[O-])c(OC)cc1N(C)C. The largest absolute Gasteiger partial charge is 0.494 e. The Labute approximate surface area is 93.5 Å². The monoisotopic (exact) mass is 226 g/mol. The second-order valence-electron chi connectivity index (χ2n) is 3.35. The smallest absolute Gasteiger partial charge is 0.314 e. The van der Waals surface area contributed by atoms with E-state index in [0.29, 0.717) is 5.75 Å². The molecule has 0 unspecified atom stereocenters. The minimum absolute atomic E-state index is 0.107. The Morgan fingerprint density at radius 1 is 1.19 bits per heavy atom. The van der Waals surface area contributed by atoms with E-state index in [0.717, 1.165) is 5.69 Å². The Bertz CT molecular complexity index is 404. The van der Waals surface area contributed by atoms with Crippen molar-refractivity contribution in [3.8, 4) is 11.5 Å². The molecular formula is C10H14N2O4. The van der Waals surface area contributed by atoms with Gasteiger partial charge in [-0.1, -0.05) is 0 Å². The molecule has 0 heterocycles. The summed E-state index contributed by atoms with van der Waals surface area (Å²) in [6, 6.07) is 2.94. The van der Waals surface area contributed by atoms with Gasteiger partial charge in [0.25, 0.3) is 0 Å². The molecule has 16 heavy (non-hydrogen) atoms. The molecule has 0 atom stereocenters. The molecule has 0 aliphatic rings. The minimum atomic E-state index is -0.499. The van der Waals surface area contributed by atoms with E-state index in [1.165, 1.54) is 20.3 Å². The standard InChI is InChI=1S/C10H14N2O4/c1-11(2)7-5-10(16-4)8(12(13)14)6-9(7)15-3/h5-6H,1-4H3. The fourth-order valence-electron chi connectivity index (χ4n) is 1.36. The molecule has 0 bridgehead atoms. The fourth-order valence-corrected chi connectivity index (χ4v) is 1.36. The van der Waals surface area contributed by atoms with Crippen LogP contribution in [0.1, 0.15) is 0 Å². The van der Waals surface area contributed by atoms with E-state index < -0.39 is 4.92 Å². The molecule has 0 fully saturated rings. The second kappa shape index (κ2) is 4.69. The summed E-state index contributed by atoms with van der Waals surface area (Å²) in [5.74, 6) is 0.659. The lowest BCUT2D eigenvalue weighted by Crippen LogP contribution is -2.10. The van der Waals surface area contributed by atoms with Crippen LogP contribution in [0.4, 0.5) is 11.4 Å². The Hall–Kier alpha value is -1.98. The highest BCUT2D eigenvalue weighted by atomic mass is 16.6. The maximum absolute atomic E-state index is 10.8.